The summed E-state index contributed by atoms with van der Waals surface area (Å²) in [5, 5.41) is 20.5. The third-order valence-electron chi connectivity index (χ3n) is 3.60. The molecule has 0 aliphatic carbocycles. The second kappa shape index (κ2) is 7.70. The highest BCUT2D eigenvalue weighted by atomic mass is 35.5. The van der Waals surface area contributed by atoms with Crippen LogP contribution in [0.25, 0.3) is 0 Å². The molecular formula is C15H17ClN4O3. The van der Waals surface area contributed by atoms with Crippen molar-refractivity contribution < 1.29 is 14.7 Å². The summed E-state index contributed by atoms with van der Waals surface area (Å²) in [5.74, 6) is -0.939. The molecule has 0 atom stereocenters. The lowest BCUT2D eigenvalue weighted by molar-refractivity contribution is -0.136. The number of carbonyl (C=O) groups excluding carboxylic acids is 1. The van der Waals surface area contributed by atoms with Gasteiger partial charge in [0.15, 0.2) is 0 Å². The van der Waals surface area contributed by atoms with E-state index in [0.717, 1.165) is 5.69 Å². The number of nitrogens with zero attached hydrogens (tertiary/aromatic N) is 3. The Morgan fingerprint density at radius 1 is 1.30 bits per heavy atom. The van der Waals surface area contributed by atoms with Crippen LogP contribution in [-0.4, -0.2) is 54.7 Å². The number of hydrogen-bond donors (Lipinski definition) is 2. The number of carbonyl (C=O) groups is 2. The Labute approximate surface area is 139 Å². The van der Waals surface area contributed by atoms with E-state index >= 15 is 0 Å². The summed E-state index contributed by atoms with van der Waals surface area (Å²) < 4.78 is 0. The van der Waals surface area contributed by atoms with Crippen LogP contribution in [0.4, 0.5) is 10.5 Å². The highest BCUT2D eigenvalue weighted by Gasteiger charge is 2.22. The van der Waals surface area contributed by atoms with E-state index in [1.54, 1.807) is 17.0 Å². The van der Waals surface area contributed by atoms with Crippen molar-refractivity contribution in [1.29, 1.82) is 5.26 Å². The second-order valence-electron chi connectivity index (χ2n) is 5.13. The number of nitriles is 1. The molecule has 2 amide bonds. The van der Waals surface area contributed by atoms with Gasteiger partial charge in [0.2, 0.25) is 0 Å². The minimum Gasteiger partial charge on any atom is -0.481 e. The van der Waals surface area contributed by atoms with Crippen molar-refractivity contribution in [2.24, 2.45) is 0 Å². The number of urea groups is 1. The third kappa shape index (κ3) is 4.50. The van der Waals surface area contributed by atoms with Gasteiger partial charge in [-0.05, 0) is 18.2 Å². The first-order chi connectivity index (χ1) is 11.0. The summed E-state index contributed by atoms with van der Waals surface area (Å²) in [6.07, 6.45) is -0.0907. The van der Waals surface area contributed by atoms with Gasteiger partial charge in [0, 0.05) is 32.7 Å². The maximum absolute atomic E-state index is 11.9. The molecule has 1 aliphatic heterocycles. The van der Waals surface area contributed by atoms with Crippen molar-refractivity contribution in [2.75, 3.05) is 37.6 Å². The van der Waals surface area contributed by atoms with E-state index in [9.17, 15) is 9.59 Å². The predicted octanol–water partition coefficient (Wildman–Crippen LogP) is 1.52. The minimum absolute atomic E-state index is 0.0907. The number of piperazine rings is 1. The molecule has 0 saturated carbocycles. The predicted molar refractivity (Wildman–Crippen MR) is 85.6 cm³/mol. The molecule has 1 aromatic carbocycles. The molecule has 2 N–H and O–H groups in total. The zero-order chi connectivity index (χ0) is 16.8. The fourth-order valence-electron chi connectivity index (χ4n) is 2.37. The van der Waals surface area contributed by atoms with E-state index in [2.05, 4.69) is 10.2 Å². The van der Waals surface area contributed by atoms with Crippen LogP contribution in [-0.2, 0) is 4.79 Å². The fourth-order valence-corrected chi connectivity index (χ4v) is 2.67. The normalized spacial score (nSPS) is 14.3. The van der Waals surface area contributed by atoms with Crippen molar-refractivity contribution in [3.63, 3.8) is 0 Å². The summed E-state index contributed by atoms with van der Waals surface area (Å²) in [6, 6.07) is 6.94. The Morgan fingerprint density at radius 2 is 2.00 bits per heavy atom. The first kappa shape index (κ1) is 16.9. The van der Waals surface area contributed by atoms with Gasteiger partial charge in [0.25, 0.3) is 0 Å². The Morgan fingerprint density at radius 3 is 2.57 bits per heavy atom. The molecule has 0 radical (unpaired) electrons. The van der Waals surface area contributed by atoms with Crippen molar-refractivity contribution in [1.82, 2.24) is 10.2 Å². The molecular weight excluding hydrogens is 320 g/mol. The summed E-state index contributed by atoms with van der Waals surface area (Å²) in [7, 11) is 0. The van der Waals surface area contributed by atoms with Crippen LogP contribution in [0.3, 0.4) is 0 Å². The SMILES string of the molecule is N#Cc1ccc(N2CCN(C(=O)NCCC(=O)O)CC2)c(Cl)c1. The van der Waals surface area contributed by atoms with Gasteiger partial charge in [-0.25, -0.2) is 4.79 Å². The zero-order valence-corrected chi connectivity index (χ0v) is 13.2. The smallest absolute Gasteiger partial charge is 0.317 e. The van der Waals surface area contributed by atoms with E-state index < -0.39 is 5.97 Å². The van der Waals surface area contributed by atoms with Gasteiger partial charge in [-0.15, -0.1) is 0 Å². The summed E-state index contributed by atoms with van der Waals surface area (Å²) >= 11 is 6.20. The third-order valence-corrected chi connectivity index (χ3v) is 3.90. The van der Waals surface area contributed by atoms with Gasteiger partial charge in [-0.1, -0.05) is 11.6 Å². The molecule has 1 saturated heterocycles. The number of anilines is 1. The number of rotatable bonds is 4. The molecule has 23 heavy (non-hydrogen) atoms. The number of carboxylic acid groups (broad SMARTS) is 1. The minimum atomic E-state index is -0.939. The quantitative estimate of drug-likeness (QED) is 0.869. The average molecular weight is 337 g/mol. The maximum atomic E-state index is 11.9. The van der Waals surface area contributed by atoms with Crippen LogP contribution in [0, 0.1) is 11.3 Å². The highest BCUT2D eigenvalue weighted by Crippen LogP contribution is 2.27. The van der Waals surface area contributed by atoms with Crippen LogP contribution >= 0.6 is 11.6 Å². The maximum Gasteiger partial charge on any atom is 0.317 e. The van der Waals surface area contributed by atoms with Crippen molar-refractivity contribution in [3.8, 4) is 6.07 Å². The molecule has 1 heterocycles. The zero-order valence-electron chi connectivity index (χ0n) is 12.5. The van der Waals surface area contributed by atoms with Crippen LogP contribution in [0.15, 0.2) is 18.2 Å². The van der Waals surface area contributed by atoms with Crippen LogP contribution < -0.4 is 10.2 Å². The number of halogens is 1. The lowest BCUT2D eigenvalue weighted by Gasteiger charge is -2.36. The Balaban J connectivity index is 1.87. The lowest BCUT2D eigenvalue weighted by atomic mass is 10.2. The molecule has 1 aromatic rings. The molecule has 1 fully saturated rings. The van der Waals surface area contributed by atoms with E-state index in [0.29, 0.717) is 36.8 Å². The Kier molecular flexibility index (Phi) is 5.66. The van der Waals surface area contributed by atoms with Crippen molar-refractivity contribution >= 4 is 29.3 Å². The molecule has 1 aliphatic rings. The Hall–Kier alpha value is -2.46. The van der Waals surface area contributed by atoms with Crippen molar-refractivity contribution in [2.45, 2.75) is 6.42 Å². The lowest BCUT2D eigenvalue weighted by Crippen LogP contribution is -2.52. The monoisotopic (exact) mass is 336 g/mol. The number of carboxylic acids is 1. The van der Waals surface area contributed by atoms with E-state index in [-0.39, 0.29) is 19.0 Å². The van der Waals surface area contributed by atoms with E-state index in [1.165, 1.54) is 0 Å². The van der Waals surface area contributed by atoms with Gasteiger partial charge in [0.05, 0.1) is 28.8 Å². The summed E-state index contributed by atoms with van der Waals surface area (Å²) in [5.41, 5.74) is 1.35. The molecule has 0 unspecified atom stereocenters. The molecule has 8 heteroatoms. The van der Waals surface area contributed by atoms with E-state index in [4.69, 9.17) is 22.0 Å². The number of hydrogen-bond acceptors (Lipinski definition) is 4. The fraction of sp³-hybridized carbons (Fsp3) is 0.400. The van der Waals surface area contributed by atoms with Gasteiger partial charge < -0.3 is 20.2 Å². The first-order valence-corrected chi connectivity index (χ1v) is 7.58. The van der Waals surface area contributed by atoms with Crippen LogP contribution in [0.2, 0.25) is 5.02 Å². The average Bonchev–Trinajstić information content (AvgIpc) is 2.54. The number of nitrogens with one attached hydrogen (secondary N) is 1. The standard InChI is InChI=1S/C15H17ClN4O3/c16-12-9-11(10-17)1-2-13(12)19-5-7-20(8-6-19)15(23)18-4-3-14(21)22/h1-2,9H,3-8H2,(H,18,23)(H,21,22). The first-order valence-electron chi connectivity index (χ1n) is 7.20. The molecule has 2 rings (SSSR count). The largest absolute Gasteiger partial charge is 0.481 e. The molecule has 122 valence electrons. The van der Waals surface area contributed by atoms with Crippen LogP contribution in [0.1, 0.15) is 12.0 Å². The highest BCUT2D eigenvalue weighted by molar-refractivity contribution is 6.33. The van der Waals surface area contributed by atoms with Gasteiger partial charge in [-0.3, -0.25) is 4.79 Å². The molecule has 0 spiro atoms. The van der Waals surface area contributed by atoms with Crippen LogP contribution in [0.5, 0.6) is 0 Å². The summed E-state index contributed by atoms with van der Waals surface area (Å²) in [6.45, 7) is 2.41. The molecule has 0 aromatic heterocycles. The Bertz CT molecular complexity index is 636. The van der Waals surface area contributed by atoms with Gasteiger partial charge in [-0.2, -0.15) is 5.26 Å². The van der Waals surface area contributed by atoms with Crippen molar-refractivity contribution in [3.05, 3.63) is 28.8 Å². The van der Waals surface area contributed by atoms with Gasteiger partial charge >= 0.3 is 12.0 Å². The number of benzene rings is 1. The summed E-state index contributed by atoms with van der Waals surface area (Å²) in [4.78, 5) is 26.1. The molecule has 0 bridgehead atoms. The molecule has 7 nitrogen and oxygen atoms in total. The number of amides is 2. The second-order valence-corrected chi connectivity index (χ2v) is 5.53. The van der Waals surface area contributed by atoms with E-state index in [1.807, 2.05) is 12.1 Å². The number of aliphatic carboxylic acids is 1. The topological polar surface area (TPSA) is 96.7 Å². The van der Waals surface area contributed by atoms with Gasteiger partial charge in [0.1, 0.15) is 0 Å².